The zero-order valence-electron chi connectivity index (χ0n) is 21.2. The number of benzene rings is 2. The number of hydrogen-bond acceptors (Lipinski definition) is 6. The summed E-state index contributed by atoms with van der Waals surface area (Å²) < 4.78 is 0. The van der Waals surface area contributed by atoms with Crippen LogP contribution >= 0.6 is 0 Å². The van der Waals surface area contributed by atoms with E-state index < -0.39 is 37.0 Å². The van der Waals surface area contributed by atoms with Gasteiger partial charge in [0.1, 0.15) is 12.1 Å². The number of carbonyl (C=O) groups excluding carboxylic acids is 3. The highest BCUT2D eigenvalue weighted by atomic mass is 16.4. The van der Waals surface area contributed by atoms with Crippen LogP contribution in [0.2, 0.25) is 0 Å². The molecule has 1 saturated heterocycles. The molecule has 38 heavy (non-hydrogen) atoms. The van der Waals surface area contributed by atoms with E-state index in [1.165, 1.54) is 4.90 Å². The molecular formula is C26H35BN6O5. The third-order valence-corrected chi connectivity index (χ3v) is 6.41. The Labute approximate surface area is 222 Å². The molecule has 1 aliphatic rings. The summed E-state index contributed by atoms with van der Waals surface area (Å²) in [6.07, 6.45) is 1.93. The molecule has 2 aromatic carbocycles. The van der Waals surface area contributed by atoms with Gasteiger partial charge in [0.05, 0.1) is 5.94 Å². The molecule has 0 radical (unpaired) electrons. The zero-order chi connectivity index (χ0) is 27.5. The van der Waals surface area contributed by atoms with Crippen molar-refractivity contribution in [2.45, 2.75) is 50.1 Å². The second-order valence-electron chi connectivity index (χ2n) is 9.25. The lowest BCUT2D eigenvalue weighted by atomic mass is 9.76. The Morgan fingerprint density at radius 2 is 1.68 bits per heavy atom. The predicted molar refractivity (Wildman–Crippen MR) is 145 cm³/mol. The van der Waals surface area contributed by atoms with Crippen molar-refractivity contribution in [1.82, 2.24) is 15.5 Å². The Bertz CT molecular complexity index is 1100. The first-order valence-electron chi connectivity index (χ1n) is 12.7. The van der Waals surface area contributed by atoms with Crippen LogP contribution in [0.1, 0.15) is 41.6 Å². The van der Waals surface area contributed by atoms with Gasteiger partial charge in [0.2, 0.25) is 11.8 Å². The fourth-order valence-electron chi connectivity index (χ4n) is 4.45. The maximum absolute atomic E-state index is 13.4. The van der Waals surface area contributed by atoms with Crippen LogP contribution < -0.4 is 22.1 Å². The summed E-state index contributed by atoms with van der Waals surface area (Å²) >= 11 is 0. The molecule has 3 atom stereocenters. The Kier molecular flexibility index (Phi) is 10.7. The minimum atomic E-state index is -1.82. The van der Waals surface area contributed by atoms with Crippen molar-refractivity contribution in [3.8, 4) is 0 Å². The minimum Gasteiger partial charge on any atom is -0.426 e. The van der Waals surface area contributed by atoms with Gasteiger partial charge in [-0.05, 0) is 43.4 Å². The maximum atomic E-state index is 13.4. The number of rotatable bonds is 12. The van der Waals surface area contributed by atoms with E-state index >= 15 is 0 Å². The normalized spacial score (nSPS) is 16.3. The average Bonchev–Trinajstić information content (AvgIpc) is 3.40. The lowest BCUT2D eigenvalue weighted by molar-refractivity contribution is -0.131. The Morgan fingerprint density at radius 1 is 1.03 bits per heavy atom. The zero-order valence-corrected chi connectivity index (χ0v) is 21.2. The maximum Gasteiger partial charge on any atom is 0.475 e. The molecule has 2 aromatic rings. The van der Waals surface area contributed by atoms with E-state index in [1.54, 1.807) is 24.3 Å². The molecule has 0 aliphatic carbocycles. The van der Waals surface area contributed by atoms with Gasteiger partial charge >= 0.3 is 7.12 Å². The molecular weight excluding hydrogens is 487 g/mol. The first kappa shape index (κ1) is 28.7. The van der Waals surface area contributed by atoms with Crippen molar-refractivity contribution >= 4 is 30.8 Å². The summed E-state index contributed by atoms with van der Waals surface area (Å²) in [6.45, 7) is 0.703. The SMILES string of the molecule is NC(N)=NCCCC(NC(=O)[C@H](Cc1ccccc1)NC(=O)[C@@H]1CCCN1C(=O)c1ccccc1)B(O)O. The second kappa shape index (κ2) is 14.2. The lowest BCUT2D eigenvalue weighted by Crippen LogP contribution is -2.57. The fraction of sp³-hybridized carbons (Fsp3) is 0.385. The lowest BCUT2D eigenvalue weighted by Gasteiger charge is -2.27. The van der Waals surface area contributed by atoms with Crippen molar-refractivity contribution < 1.29 is 24.4 Å². The summed E-state index contributed by atoms with van der Waals surface area (Å²) in [7, 11) is -1.82. The number of nitrogens with one attached hydrogen (secondary N) is 2. The number of likely N-dealkylation sites (tertiary alicyclic amines) is 1. The predicted octanol–water partition coefficient (Wildman–Crippen LogP) is -0.431. The van der Waals surface area contributed by atoms with Gasteiger partial charge in [-0.3, -0.25) is 19.4 Å². The molecule has 202 valence electrons. The highest BCUT2D eigenvalue weighted by molar-refractivity contribution is 6.43. The van der Waals surface area contributed by atoms with Gasteiger partial charge in [-0.1, -0.05) is 48.5 Å². The molecule has 1 aliphatic heterocycles. The van der Waals surface area contributed by atoms with Crippen LogP contribution in [-0.2, 0) is 16.0 Å². The second-order valence-corrected chi connectivity index (χ2v) is 9.25. The molecule has 0 aromatic heterocycles. The van der Waals surface area contributed by atoms with E-state index in [4.69, 9.17) is 11.5 Å². The van der Waals surface area contributed by atoms with Gasteiger partial charge in [0, 0.05) is 25.1 Å². The summed E-state index contributed by atoms with van der Waals surface area (Å²) in [5.74, 6) is -2.31. The standard InChI is InChI=1S/C26H35BN6O5/c28-26(29)30-15-7-14-22(27(37)38)32-23(34)20(17-18-9-3-1-4-10-18)31-24(35)21-13-8-16-33(21)25(36)19-11-5-2-6-12-19/h1-6,9-12,20-22,37-38H,7-8,13-17H2,(H,31,35)(H,32,34)(H4,28,29,30)/t20-,21-,22?/m0/s1. The number of amides is 3. The Hall–Kier alpha value is -3.90. The molecule has 0 saturated carbocycles. The van der Waals surface area contributed by atoms with Crippen LogP contribution in [-0.4, -0.2) is 76.9 Å². The van der Waals surface area contributed by atoms with Crippen LogP contribution in [0, 0.1) is 0 Å². The van der Waals surface area contributed by atoms with Gasteiger partial charge in [0.25, 0.3) is 5.91 Å². The first-order valence-corrected chi connectivity index (χ1v) is 12.7. The van der Waals surface area contributed by atoms with Crippen LogP contribution in [0.15, 0.2) is 65.7 Å². The quantitative estimate of drug-likeness (QED) is 0.0946. The third kappa shape index (κ3) is 8.32. The van der Waals surface area contributed by atoms with Crippen molar-refractivity contribution in [2.75, 3.05) is 13.1 Å². The van der Waals surface area contributed by atoms with E-state index in [9.17, 15) is 24.4 Å². The van der Waals surface area contributed by atoms with Gasteiger partial charge in [-0.2, -0.15) is 0 Å². The van der Waals surface area contributed by atoms with Crippen molar-refractivity contribution in [2.24, 2.45) is 16.5 Å². The summed E-state index contributed by atoms with van der Waals surface area (Å²) in [6, 6.07) is 16.2. The van der Waals surface area contributed by atoms with E-state index in [1.807, 2.05) is 36.4 Å². The number of guanidine groups is 1. The van der Waals surface area contributed by atoms with E-state index in [0.717, 1.165) is 5.56 Å². The highest BCUT2D eigenvalue weighted by Crippen LogP contribution is 2.21. The molecule has 0 bridgehead atoms. The van der Waals surface area contributed by atoms with Crippen LogP contribution in [0.5, 0.6) is 0 Å². The highest BCUT2D eigenvalue weighted by Gasteiger charge is 2.37. The minimum absolute atomic E-state index is 0.0764. The average molecular weight is 522 g/mol. The topological polar surface area (TPSA) is 183 Å². The summed E-state index contributed by atoms with van der Waals surface area (Å²) in [5.41, 5.74) is 11.9. The number of nitrogens with zero attached hydrogens (tertiary/aromatic N) is 2. The molecule has 12 heteroatoms. The molecule has 11 nitrogen and oxygen atoms in total. The number of hydrogen-bond donors (Lipinski definition) is 6. The van der Waals surface area contributed by atoms with Crippen molar-refractivity contribution in [3.63, 3.8) is 0 Å². The molecule has 1 unspecified atom stereocenters. The largest absolute Gasteiger partial charge is 0.475 e. The molecule has 8 N–H and O–H groups in total. The van der Waals surface area contributed by atoms with E-state index in [-0.39, 0.29) is 31.3 Å². The number of aliphatic imine (C=N–C) groups is 1. The molecule has 3 amide bonds. The van der Waals surface area contributed by atoms with Gasteiger partial charge in [-0.25, -0.2) is 0 Å². The van der Waals surface area contributed by atoms with Crippen molar-refractivity contribution in [3.05, 3.63) is 71.8 Å². The molecule has 1 fully saturated rings. The van der Waals surface area contributed by atoms with Gasteiger partial charge in [0.15, 0.2) is 5.96 Å². The van der Waals surface area contributed by atoms with E-state index in [0.29, 0.717) is 31.4 Å². The van der Waals surface area contributed by atoms with Crippen LogP contribution in [0.25, 0.3) is 0 Å². The third-order valence-electron chi connectivity index (χ3n) is 6.41. The Balaban J connectivity index is 1.72. The van der Waals surface area contributed by atoms with Gasteiger partial charge in [-0.15, -0.1) is 0 Å². The Morgan fingerprint density at radius 3 is 2.32 bits per heavy atom. The number of carbonyl (C=O) groups is 3. The summed E-state index contributed by atoms with van der Waals surface area (Å²) in [4.78, 5) is 45.1. The summed E-state index contributed by atoms with van der Waals surface area (Å²) in [5, 5.41) is 25.1. The fourth-order valence-corrected chi connectivity index (χ4v) is 4.45. The van der Waals surface area contributed by atoms with Crippen LogP contribution in [0.3, 0.4) is 0 Å². The smallest absolute Gasteiger partial charge is 0.426 e. The van der Waals surface area contributed by atoms with E-state index in [2.05, 4.69) is 15.6 Å². The van der Waals surface area contributed by atoms with Crippen molar-refractivity contribution in [1.29, 1.82) is 0 Å². The molecule has 0 spiro atoms. The van der Waals surface area contributed by atoms with Crippen LogP contribution in [0.4, 0.5) is 0 Å². The molecule has 3 rings (SSSR count). The molecule has 1 heterocycles. The monoisotopic (exact) mass is 522 g/mol. The first-order chi connectivity index (χ1) is 18.3. The number of nitrogens with two attached hydrogens (primary N) is 2. The van der Waals surface area contributed by atoms with Gasteiger partial charge < -0.3 is 37.0 Å².